The van der Waals surface area contributed by atoms with Gasteiger partial charge in [0.15, 0.2) is 0 Å². The largest absolute Gasteiger partial charge is 0.508 e. The Morgan fingerprint density at radius 1 is 0.726 bits per heavy atom. The zero-order valence-corrected chi connectivity index (χ0v) is 37.8. The topological polar surface area (TPSA) is 238 Å². The number of fused-ring (bicyclic) bond motifs is 5. The third-order valence-corrected chi connectivity index (χ3v) is 11.3. The first kappa shape index (κ1) is 51.7. The van der Waals surface area contributed by atoms with Crippen LogP contribution < -0.4 is 58.5 Å². The number of likely N-dealkylation sites (N-methyl/N-ethyl adjacent to an activating group) is 2. The predicted octanol–water partition coefficient (Wildman–Crippen LogP) is -0.222. The lowest BCUT2D eigenvalue weighted by Crippen LogP contribution is -2.59. The molecule has 62 heavy (non-hydrogen) atoms. The molecule has 0 saturated carbocycles. The van der Waals surface area contributed by atoms with Gasteiger partial charge in [-0.05, 0) is 154 Å². The first-order chi connectivity index (χ1) is 30.0. The maximum Gasteiger partial charge on any atom is 0.243 e. The average Bonchev–Trinajstić information content (AvgIpc) is 3.26. The minimum Gasteiger partial charge on any atom is -0.508 e. The van der Waals surface area contributed by atoms with Gasteiger partial charge in [0, 0.05) is 37.9 Å². The second kappa shape index (κ2) is 28.9. The van der Waals surface area contributed by atoms with E-state index in [2.05, 4.69) is 58.5 Å². The molecule has 2 aromatic rings. The number of carbonyl (C=O) groups excluding carboxylic acids is 5. The molecule has 1 aliphatic rings. The van der Waals surface area contributed by atoms with Crippen molar-refractivity contribution in [2.75, 3.05) is 75.0 Å². The molecule has 1 heterocycles. The van der Waals surface area contributed by atoms with Gasteiger partial charge in [0.2, 0.25) is 29.5 Å². The number of hydrogen-bond donors (Lipinski definition) is 12. The molecule has 0 radical (unpaired) electrons. The maximum atomic E-state index is 14.5. The Labute approximate surface area is 368 Å². The fraction of sp³-hybridized carbons (Fsp3) is 0.622. The van der Waals surface area contributed by atoms with E-state index in [1.807, 2.05) is 58.5 Å². The quantitative estimate of drug-likeness (QED) is 0.0551. The van der Waals surface area contributed by atoms with Crippen molar-refractivity contribution in [3.63, 3.8) is 0 Å². The van der Waals surface area contributed by atoms with E-state index in [0.717, 1.165) is 36.1 Å². The summed E-state index contributed by atoms with van der Waals surface area (Å²) in [7, 11) is 10.9. The molecular formula is C45H75N11O6. The Hall–Kier alpha value is -4.65. The Morgan fingerprint density at radius 3 is 2.03 bits per heavy atom. The highest BCUT2D eigenvalue weighted by atomic mass is 16.3. The molecule has 3 rings (SSSR count). The molecule has 0 saturated heterocycles. The number of phenolic OH excluding ortho intramolecular Hbond substituents is 1. The van der Waals surface area contributed by atoms with Crippen LogP contribution in [0.1, 0.15) is 68.9 Å². The van der Waals surface area contributed by atoms with Crippen LogP contribution in [0.3, 0.4) is 0 Å². The van der Waals surface area contributed by atoms with Gasteiger partial charge in [0.25, 0.3) is 0 Å². The summed E-state index contributed by atoms with van der Waals surface area (Å²) < 4.78 is 0. The number of benzene rings is 2. The lowest BCUT2D eigenvalue weighted by atomic mass is 9.95. The summed E-state index contributed by atoms with van der Waals surface area (Å²) in [4.78, 5) is 69.9. The van der Waals surface area contributed by atoms with Gasteiger partial charge in [-0.1, -0.05) is 30.3 Å². The molecule has 0 spiro atoms. The van der Waals surface area contributed by atoms with Crippen molar-refractivity contribution < 1.29 is 29.1 Å². The third-order valence-electron chi connectivity index (χ3n) is 11.3. The van der Waals surface area contributed by atoms with Crippen molar-refractivity contribution in [1.29, 1.82) is 0 Å². The maximum absolute atomic E-state index is 14.5. The van der Waals surface area contributed by atoms with Crippen LogP contribution in [0.4, 0.5) is 0 Å². The van der Waals surface area contributed by atoms with Crippen LogP contribution in [0.25, 0.3) is 11.1 Å². The van der Waals surface area contributed by atoms with Crippen LogP contribution in [0.15, 0.2) is 42.5 Å². The average molecular weight is 866 g/mol. The van der Waals surface area contributed by atoms with Crippen LogP contribution in [0.5, 0.6) is 5.75 Å². The van der Waals surface area contributed by atoms with E-state index in [1.165, 1.54) is 0 Å². The molecule has 0 fully saturated rings. The normalized spacial score (nSPS) is 18.3. The standard InChI is InChI=1S/C45H75N11O6/c1-46-20-8-14-34(28-41(58)52-29-35(50-5)15-9-21-47-2)53-42(59)36(16-10-22-48-3)55-45(62)39-25-30-12-7-13-31(24-30)32-18-19-40(57)33(26-32)27-38(51-6)44(61)54-37(43(60)56-39)17-11-23-49-4/h7,12-13,18-19,24,26,34-39,46-51,57H,8-11,14-17,20-23,25,27-29H2,1-6H3,(H,52,58)(H,53,59)(H,54,61)(H,55,62)(H,56,60)/t34-,35-,36-,37-,38-,39-/m0/s1. The van der Waals surface area contributed by atoms with Crippen LogP contribution in [-0.2, 0) is 36.8 Å². The van der Waals surface area contributed by atoms with Gasteiger partial charge in [-0.3, -0.25) is 24.0 Å². The fourth-order valence-electron chi connectivity index (χ4n) is 7.58. The van der Waals surface area contributed by atoms with Crippen molar-refractivity contribution in [3.05, 3.63) is 53.6 Å². The number of aromatic hydroxyl groups is 1. The van der Waals surface area contributed by atoms with Gasteiger partial charge in [0.1, 0.15) is 23.9 Å². The summed E-state index contributed by atoms with van der Waals surface area (Å²) in [5.41, 5.74) is 2.96. The molecule has 6 atom stereocenters. The molecule has 5 amide bonds. The van der Waals surface area contributed by atoms with Crippen LogP contribution >= 0.6 is 0 Å². The van der Waals surface area contributed by atoms with E-state index < -0.39 is 53.8 Å². The molecule has 2 aromatic carbocycles. The molecular weight excluding hydrogens is 791 g/mol. The van der Waals surface area contributed by atoms with E-state index >= 15 is 0 Å². The summed E-state index contributed by atoms with van der Waals surface area (Å²) >= 11 is 0. The Balaban J connectivity index is 1.94. The number of phenols is 1. The molecule has 346 valence electrons. The molecule has 4 bridgehead atoms. The molecule has 0 aromatic heterocycles. The smallest absolute Gasteiger partial charge is 0.243 e. The summed E-state index contributed by atoms with van der Waals surface area (Å²) in [5, 5.41) is 44.4. The summed E-state index contributed by atoms with van der Waals surface area (Å²) in [6.07, 6.45) is 5.18. The molecule has 17 nitrogen and oxygen atoms in total. The van der Waals surface area contributed by atoms with Crippen LogP contribution in [0.2, 0.25) is 0 Å². The zero-order valence-electron chi connectivity index (χ0n) is 37.8. The molecule has 0 aliphatic carbocycles. The summed E-state index contributed by atoms with van der Waals surface area (Å²) in [5.74, 6) is -2.06. The summed E-state index contributed by atoms with van der Waals surface area (Å²) in [6.45, 7) is 3.24. The highest BCUT2D eigenvalue weighted by Gasteiger charge is 2.32. The predicted molar refractivity (Wildman–Crippen MR) is 245 cm³/mol. The first-order valence-electron chi connectivity index (χ1n) is 22.3. The number of hydrogen-bond acceptors (Lipinski definition) is 12. The van der Waals surface area contributed by atoms with E-state index in [0.29, 0.717) is 70.3 Å². The lowest BCUT2D eigenvalue weighted by molar-refractivity contribution is -0.134. The number of rotatable bonds is 26. The Morgan fingerprint density at radius 2 is 1.37 bits per heavy atom. The lowest BCUT2D eigenvalue weighted by Gasteiger charge is -2.27. The first-order valence-corrected chi connectivity index (χ1v) is 22.3. The number of amides is 5. The molecule has 0 unspecified atom stereocenters. The second-order valence-electron chi connectivity index (χ2n) is 16.2. The van der Waals surface area contributed by atoms with Crippen molar-refractivity contribution in [3.8, 4) is 16.9 Å². The number of carbonyl (C=O) groups is 5. The highest BCUT2D eigenvalue weighted by molar-refractivity contribution is 5.95. The van der Waals surface area contributed by atoms with E-state index in [4.69, 9.17) is 0 Å². The van der Waals surface area contributed by atoms with Crippen molar-refractivity contribution in [2.45, 2.75) is 107 Å². The molecule has 17 heteroatoms. The zero-order chi connectivity index (χ0) is 45.3. The van der Waals surface area contributed by atoms with Gasteiger partial charge in [-0.25, -0.2) is 0 Å². The van der Waals surface area contributed by atoms with Gasteiger partial charge in [0.05, 0.1) is 6.04 Å². The minimum absolute atomic E-state index is 0.0529. The van der Waals surface area contributed by atoms with Gasteiger partial charge in [-0.2, -0.15) is 0 Å². The fourth-order valence-corrected chi connectivity index (χ4v) is 7.58. The number of nitrogens with one attached hydrogen (secondary N) is 11. The Bertz CT molecular complexity index is 1700. The third kappa shape index (κ3) is 18.0. The van der Waals surface area contributed by atoms with Gasteiger partial charge < -0.3 is 63.6 Å². The second-order valence-corrected chi connectivity index (χ2v) is 16.2. The highest BCUT2D eigenvalue weighted by Crippen LogP contribution is 2.28. The SMILES string of the molecule is CNCCC[C@@H](CNC(=O)C[C@H](CCCNC)NC(=O)[C@H](CCCNC)NC(=O)[C@@H]1Cc2cccc(c2)-c2ccc(O)c(c2)C[C@H](NC)C(=O)N[C@@H](CCCNC)C(=O)N1)NC. The van der Waals surface area contributed by atoms with Gasteiger partial charge in [-0.15, -0.1) is 0 Å². The monoisotopic (exact) mass is 866 g/mol. The van der Waals surface area contributed by atoms with Crippen molar-refractivity contribution >= 4 is 29.5 Å². The van der Waals surface area contributed by atoms with Crippen LogP contribution in [-0.4, -0.2) is 146 Å². The molecule has 1 aliphatic heterocycles. The van der Waals surface area contributed by atoms with Crippen molar-refractivity contribution in [1.82, 2.24) is 58.5 Å². The minimum atomic E-state index is -1.12. The molecule has 12 N–H and O–H groups in total. The van der Waals surface area contributed by atoms with E-state index in [-0.39, 0.29) is 37.0 Å². The van der Waals surface area contributed by atoms with E-state index in [9.17, 15) is 29.1 Å². The summed E-state index contributed by atoms with van der Waals surface area (Å²) in [6, 6.07) is 8.64. The van der Waals surface area contributed by atoms with Crippen LogP contribution in [0, 0.1) is 0 Å². The van der Waals surface area contributed by atoms with Gasteiger partial charge >= 0.3 is 0 Å². The van der Waals surface area contributed by atoms with E-state index in [1.54, 1.807) is 26.2 Å². The van der Waals surface area contributed by atoms with Crippen molar-refractivity contribution in [2.24, 2.45) is 0 Å². The Kier molecular flexibility index (Phi) is 24.1.